The van der Waals surface area contributed by atoms with E-state index in [0.29, 0.717) is 35.9 Å². The third-order valence-electron chi connectivity index (χ3n) is 9.34. The molecule has 1 aliphatic carbocycles. The van der Waals surface area contributed by atoms with Crippen molar-refractivity contribution in [1.29, 1.82) is 0 Å². The van der Waals surface area contributed by atoms with Crippen LogP contribution < -0.4 is 16.0 Å². The summed E-state index contributed by atoms with van der Waals surface area (Å²) in [5.41, 5.74) is 0.441. The zero-order valence-corrected chi connectivity index (χ0v) is 28.0. The average Bonchev–Trinajstić information content (AvgIpc) is 3.78. The van der Waals surface area contributed by atoms with Gasteiger partial charge in [-0.1, -0.05) is 38.3 Å². The molecule has 3 N–H and O–H groups in total. The van der Waals surface area contributed by atoms with Gasteiger partial charge in [0, 0.05) is 44.7 Å². The van der Waals surface area contributed by atoms with Gasteiger partial charge in [0.25, 0.3) is 5.91 Å². The third kappa shape index (κ3) is 8.25. The Hall–Kier alpha value is -4.10. The minimum atomic E-state index is -1.01. The molecule has 5 rings (SSSR count). The van der Waals surface area contributed by atoms with Gasteiger partial charge in [0.2, 0.25) is 17.7 Å². The number of nitrogens with zero attached hydrogens (tertiary/aromatic N) is 4. The maximum absolute atomic E-state index is 15.7. The molecule has 1 saturated carbocycles. The molecule has 0 unspecified atom stereocenters. The summed E-state index contributed by atoms with van der Waals surface area (Å²) in [5, 5.41) is 14.4. The number of carbonyl (C=O) groups is 4. The van der Waals surface area contributed by atoms with Gasteiger partial charge in [-0.05, 0) is 61.9 Å². The highest BCUT2D eigenvalue weighted by Crippen LogP contribution is 2.33. The van der Waals surface area contributed by atoms with Crippen molar-refractivity contribution < 1.29 is 23.6 Å². The van der Waals surface area contributed by atoms with Gasteiger partial charge in [-0.15, -0.1) is 11.3 Å². The van der Waals surface area contributed by atoms with E-state index in [2.05, 4.69) is 25.9 Å². The Labute approximate surface area is 278 Å². The van der Waals surface area contributed by atoms with E-state index >= 15 is 4.39 Å². The number of aromatic nitrogens is 2. The van der Waals surface area contributed by atoms with Gasteiger partial charge in [-0.2, -0.15) is 5.10 Å². The molecule has 3 aromatic rings. The smallest absolute Gasteiger partial charge is 0.262 e. The zero-order valence-electron chi connectivity index (χ0n) is 27.2. The second-order valence-corrected chi connectivity index (χ2v) is 13.4. The highest BCUT2D eigenvalue weighted by Gasteiger charge is 2.37. The van der Waals surface area contributed by atoms with Crippen LogP contribution in [-0.4, -0.2) is 82.5 Å². The van der Waals surface area contributed by atoms with Gasteiger partial charge in [0.1, 0.15) is 23.6 Å². The second-order valence-electron chi connectivity index (χ2n) is 12.5. The number of thiophene rings is 1. The van der Waals surface area contributed by atoms with Gasteiger partial charge in [0.15, 0.2) is 0 Å². The molecule has 1 saturated heterocycles. The molecule has 1 aliphatic heterocycles. The molecule has 0 bridgehead atoms. The Kier molecular flexibility index (Phi) is 11.4. The predicted molar refractivity (Wildman–Crippen MR) is 180 cm³/mol. The molecule has 2 aliphatic rings. The van der Waals surface area contributed by atoms with Crippen molar-refractivity contribution in [1.82, 2.24) is 24.9 Å². The number of amides is 4. The summed E-state index contributed by atoms with van der Waals surface area (Å²) >= 11 is 1.28. The van der Waals surface area contributed by atoms with E-state index in [4.69, 9.17) is 0 Å². The van der Waals surface area contributed by atoms with Crippen LogP contribution in [0.2, 0.25) is 0 Å². The van der Waals surface area contributed by atoms with Crippen LogP contribution in [0.3, 0.4) is 0 Å². The molecule has 11 nitrogen and oxygen atoms in total. The summed E-state index contributed by atoms with van der Waals surface area (Å²) < 4.78 is 17.4. The van der Waals surface area contributed by atoms with Crippen LogP contribution >= 0.6 is 11.3 Å². The monoisotopic (exact) mass is 665 g/mol. The molecule has 3 heterocycles. The van der Waals surface area contributed by atoms with Gasteiger partial charge >= 0.3 is 0 Å². The lowest BCUT2D eigenvalue weighted by Gasteiger charge is -2.36. The van der Waals surface area contributed by atoms with Gasteiger partial charge in [0.05, 0.1) is 16.8 Å². The van der Waals surface area contributed by atoms with Crippen LogP contribution in [0, 0.1) is 17.7 Å². The minimum Gasteiger partial charge on any atom is -0.339 e. The van der Waals surface area contributed by atoms with E-state index in [-0.39, 0.29) is 23.4 Å². The largest absolute Gasteiger partial charge is 0.339 e. The number of rotatable bonds is 11. The number of piperazine rings is 1. The van der Waals surface area contributed by atoms with E-state index < -0.39 is 35.5 Å². The lowest BCUT2D eigenvalue weighted by atomic mass is 9.79. The fourth-order valence-electron chi connectivity index (χ4n) is 6.47. The molecule has 3 atom stereocenters. The summed E-state index contributed by atoms with van der Waals surface area (Å²) in [6, 6.07) is 8.62. The first-order valence-corrected chi connectivity index (χ1v) is 17.3. The maximum atomic E-state index is 15.7. The number of carbonyl (C=O) groups excluding carboxylic acids is 4. The SMILES string of the molecule is CCn1nccc1NC(=O)[C@H](C(=O)Nc1ccc([C@H](C)[C@@H](NC(=O)c2cccs2)C(=O)N2CCN(C)CC2)cc1F)C1CCCCC1. The van der Waals surface area contributed by atoms with Crippen LogP contribution in [-0.2, 0) is 20.9 Å². The molecular formula is C34H44FN7O4S. The number of likely N-dealkylation sites (N-methyl/N-ethyl adjacent to an activating group) is 1. The molecule has 4 amide bonds. The molecule has 2 fully saturated rings. The van der Waals surface area contributed by atoms with Gasteiger partial charge < -0.3 is 25.8 Å². The molecular weight excluding hydrogens is 621 g/mol. The van der Waals surface area contributed by atoms with Gasteiger partial charge in [-0.3, -0.25) is 19.2 Å². The Morgan fingerprint density at radius 1 is 1.00 bits per heavy atom. The second kappa shape index (κ2) is 15.7. The normalized spacial score (nSPS) is 17.8. The van der Waals surface area contributed by atoms with E-state index in [9.17, 15) is 19.2 Å². The zero-order chi connectivity index (χ0) is 33.5. The Balaban J connectivity index is 1.34. The van der Waals surface area contributed by atoms with Crippen molar-refractivity contribution in [2.45, 2.75) is 64.5 Å². The van der Waals surface area contributed by atoms with Crippen molar-refractivity contribution in [3.63, 3.8) is 0 Å². The number of hydrogen-bond donors (Lipinski definition) is 3. The van der Waals surface area contributed by atoms with Crippen LogP contribution in [0.15, 0.2) is 48.0 Å². The van der Waals surface area contributed by atoms with Gasteiger partial charge in [-0.25, -0.2) is 9.07 Å². The van der Waals surface area contributed by atoms with Crippen LogP contribution in [0.4, 0.5) is 15.9 Å². The van der Waals surface area contributed by atoms with E-state index in [1.807, 2.05) is 14.0 Å². The minimum absolute atomic E-state index is 0.0530. The Bertz CT molecular complexity index is 1550. The van der Waals surface area contributed by atoms with Crippen molar-refractivity contribution in [3.05, 3.63) is 64.2 Å². The molecule has 47 heavy (non-hydrogen) atoms. The van der Waals surface area contributed by atoms with E-state index in [0.717, 1.165) is 45.2 Å². The summed E-state index contributed by atoms with van der Waals surface area (Å²) in [4.78, 5) is 58.4. The molecule has 13 heteroatoms. The number of nitrogens with one attached hydrogen (secondary N) is 3. The van der Waals surface area contributed by atoms with Crippen LogP contribution in [0.5, 0.6) is 0 Å². The van der Waals surface area contributed by atoms with Crippen LogP contribution in [0.25, 0.3) is 0 Å². The first kappa shape index (κ1) is 34.2. The lowest BCUT2D eigenvalue weighted by molar-refractivity contribution is -0.135. The number of halogens is 1. The highest BCUT2D eigenvalue weighted by atomic mass is 32.1. The number of hydrogen-bond acceptors (Lipinski definition) is 7. The first-order chi connectivity index (χ1) is 22.7. The summed E-state index contributed by atoms with van der Waals surface area (Å²) in [6.07, 6.45) is 5.95. The molecule has 252 valence electrons. The van der Waals surface area contributed by atoms with Crippen molar-refractivity contribution >= 4 is 46.5 Å². The number of benzene rings is 1. The Morgan fingerprint density at radius 2 is 1.72 bits per heavy atom. The number of anilines is 2. The summed E-state index contributed by atoms with van der Waals surface area (Å²) in [7, 11) is 2.00. The highest BCUT2D eigenvalue weighted by molar-refractivity contribution is 7.12. The van der Waals surface area contributed by atoms with E-state index in [1.165, 1.54) is 23.5 Å². The molecule has 0 spiro atoms. The lowest BCUT2D eigenvalue weighted by Crippen LogP contribution is -2.55. The number of aryl methyl sites for hydroxylation is 1. The third-order valence-corrected chi connectivity index (χ3v) is 10.2. The van der Waals surface area contributed by atoms with Crippen molar-refractivity contribution in [3.8, 4) is 0 Å². The fraction of sp³-hybridized carbons (Fsp3) is 0.500. The van der Waals surface area contributed by atoms with Crippen LogP contribution in [0.1, 0.15) is 67.1 Å². The van der Waals surface area contributed by atoms with Crippen molar-refractivity contribution in [2.24, 2.45) is 11.8 Å². The maximum Gasteiger partial charge on any atom is 0.262 e. The molecule has 2 aromatic heterocycles. The Morgan fingerprint density at radius 3 is 2.38 bits per heavy atom. The summed E-state index contributed by atoms with van der Waals surface area (Å²) in [6.45, 7) is 6.74. The quantitative estimate of drug-likeness (QED) is 0.258. The topological polar surface area (TPSA) is 129 Å². The summed E-state index contributed by atoms with van der Waals surface area (Å²) in [5.74, 6) is -3.53. The molecule has 1 aromatic carbocycles. The fourth-order valence-corrected chi connectivity index (χ4v) is 7.10. The molecule has 0 radical (unpaired) electrons. The van der Waals surface area contributed by atoms with E-state index in [1.54, 1.807) is 52.3 Å². The average molecular weight is 666 g/mol. The first-order valence-electron chi connectivity index (χ1n) is 16.4. The predicted octanol–water partition coefficient (Wildman–Crippen LogP) is 4.55. The van der Waals surface area contributed by atoms with Crippen molar-refractivity contribution in [2.75, 3.05) is 43.9 Å². The standard InChI is InChI=1S/C34H44FN7O4S/c1-4-42-28(14-15-36-42)38-33(45)29(23-9-6-5-7-10-23)32(44)37-26-13-12-24(21-25(26)35)22(2)30(39-31(43)27-11-8-20-47-27)34(46)41-18-16-40(3)17-19-41/h8,11-15,20-23,29-30H,4-7,9-10,16-19H2,1-3H3,(H,37,44)(H,38,45)(H,39,43)/t22-,29-,30+/m0/s1.